The van der Waals surface area contributed by atoms with Crippen LogP contribution in [0.15, 0.2) is 51.0 Å². The van der Waals surface area contributed by atoms with Crippen LogP contribution >= 0.6 is 23.4 Å². The van der Waals surface area contributed by atoms with Crippen LogP contribution in [-0.2, 0) is 14.4 Å². The van der Waals surface area contributed by atoms with Crippen molar-refractivity contribution in [1.29, 1.82) is 0 Å². The molecule has 0 aromatic carbocycles. The average Bonchev–Trinajstić information content (AvgIpc) is 2.75. The molecule has 0 radical (unpaired) electrons. The van der Waals surface area contributed by atoms with Gasteiger partial charge < -0.3 is 0 Å². The van der Waals surface area contributed by atoms with Crippen LogP contribution in [0.25, 0.3) is 0 Å². The molecule has 7 heteroatoms. The van der Waals surface area contributed by atoms with Gasteiger partial charge in [-0.15, -0.1) is 0 Å². The van der Waals surface area contributed by atoms with Crippen molar-refractivity contribution in [2.24, 2.45) is 5.16 Å². The van der Waals surface area contributed by atoms with E-state index in [1.807, 2.05) is 24.3 Å². The van der Waals surface area contributed by atoms with Crippen LogP contribution in [0.5, 0.6) is 0 Å². The first-order chi connectivity index (χ1) is 8.46. The summed E-state index contributed by atoms with van der Waals surface area (Å²) in [5.74, 6) is 0. The fraction of sp³-hybridized carbons (Fsp3) is 0.182. The maximum atomic E-state index is 10.8. The number of nitrogens with zero attached hydrogens (tertiary/aromatic N) is 1. The van der Waals surface area contributed by atoms with Crippen LogP contribution in [0.3, 0.4) is 0 Å². The molecule has 1 aliphatic carbocycles. The van der Waals surface area contributed by atoms with Gasteiger partial charge in [0.15, 0.2) is 0 Å². The largest absolute Gasteiger partial charge is 0.325 e. The van der Waals surface area contributed by atoms with Gasteiger partial charge in [-0.3, -0.25) is 4.28 Å². The molecule has 0 amide bonds. The van der Waals surface area contributed by atoms with Crippen molar-refractivity contribution in [3.63, 3.8) is 0 Å². The maximum absolute atomic E-state index is 10.8. The van der Waals surface area contributed by atoms with E-state index in [0.717, 1.165) is 23.2 Å². The molecule has 0 spiro atoms. The summed E-state index contributed by atoms with van der Waals surface area (Å²) in [5, 5.41) is 4.73. The van der Waals surface area contributed by atoms with Gasteiger partial charge in [-0.05, 0) is 30.2 Å². The SMILES string of the molecule is CS(=O)(=O)ON=C1C=CC(=C2CC=CC=C2Cl)S1. The van der Waals surface area contributed by atoms with E-state index in [0.29, 0.717) is 10.1 Å². The van der Waals surface area contributed by atoms with E-state index in [9.17, 15) is 8.42 Å². The van der Waals surface area contributed by atoms with Gasteiger partial charge in [0.2, 0.25) is 0 Å². The molecule has 1 heterocycles. The van der Waals surface area contributed by atoms with Gasteiger partial charge in [-0.1, -0.05) is 40.7 Å². The van der Waals surface area contributed by atoms with E-state index in [1.165, 1.54) is 11.8 Å². The van der Waals surface area contributed by atoms with E-state index in [1.54, 1.807) is 6.08 Å². The zero-order valence-electron chi connectivity index (χ0n) is 9.46. The number of rotatable bonds is 2. The minimum absolute atomic E-state index is 0.488. The average molecular weight is 304 g/mol. The van der Waals surface area contributed by atoms with E-state index >= 15 is 0 Å². The summed E-state index contributed by atoms with van der Waals surface area (Å²) in [6.07, 6.45) is 11.0. The normalized spacial score (nSPS) is 25.7. The second-order valence-electron chi connectivity index (χ2n) is 3.63. The van der Waals surface area contributed by atoms with Crippen LogP contribution in [0.2, 0.25) is 0 Å². The van der Waals surface area contributed by atoms with Crippen molar-refractivity contribution in [3.8, 4) is 0 Å². The van der Waals surface area contributed by atoms with Crippen molar-refractivity contribution in [2.75, 3.05) is 6.26 Å². The fourth-order valence-corrected chi connectivity index (χ4v) is 2.86. The molecule has 0 bridgehead atoms. The first-order valence-electron chi connectivity index (χ1n) is 5.04. The van der Waals surface area contributed by atoms with E-state index in [4.69, 9.17) is 11.6 Å². The zero-order chi connectivity index (χ0) is 13.2. The fourth-order valence-electron chi connectivity index (χ4n) is 1.40. The summed E-state index contributed by atoms with van der Waals surface area (Å²) < 4.78 is 26.0. The minimum atomic E-state index is -3.56. The molecule has 2 rings (SSSR count). The summed E-state index contributed by atoms with van der Waals surface area (Å²) in [7, 11) is -3.56. The Balaban J connectivity index is 2.15. The number of hydrogen-bond donors (Lipinski definition) is 0. The number of oxime groups is 1. The molecular weight excluding hydrogens is 294 g/mol. The van der Waals surface area contributed by atoms with Crippen molar-refractivity contribution in [3.05, 3.63) is 45.9 Å². The summed E-state index contributed by atoms with van der Waals surface area (Å²) in [6, 6.07) is 0. The van der Waals surface area contributed by atoms with Crippen LogP contribution in [0.4, 0.5) is 0 Å². The Morgan fingerprint density at radius 2 is 2.22 bits per heavy atom. The summed E-state index contributed by atoms with van der Waals surface area (Å²) in [5.41, 5.74) is 1.00. The first-order valence-corrected chi connectivity index (χ1v) is 8.05. The summed E-state index contributed by atoms with van der Waals surface area (Å²) in [6.45, 7) is 0. The Bertz CT molecular complexity index is 612. The number of halogens is 1. The third-order valence-electron chi connectivity index (χ3n) is 2.14. The monoisotopic (exact) mass is 303 g/mol. The topological polar surface area (TPSA) is 55.7 Å². The number of allylic oxidation sites excluding steroid dienone is 6. The van der Waals surface area contributed by atoms with Gasteiger partial charge in [0.05, 0.1) is 6.26 Å². The molecule has 0 fully saturated rings. The van der Waals surface area contributed by atoms with Gasteiger partial charge in [-0.25, -0.2) is 0 Å². The van der Waals surface area contributed by atoms with Crippen molar-refractivity contribution >= 4 is 38.5 Å². The lowest BCUT2D eigenvalue weighted by Gasteiger charge is -2.09. The van der Waals surface area contributed by atoms with Crippen LogP contribution in [0, 0.1) is 0 Å². The quantitative estimate of drug-likeness (QED) is 0.736. The maximum Gasteiger partial charge on any atom is 0.325 e. The predicted octanol–water partition coefficient (Wildman–Crippen LogP) is 2.92. The van der Waals surface area contributed by atoms with Crippen molar-refractivity contribution in [1.82, 2.24) is 0 Å². The summed E-state index contributed by atoms with van der Waals surface area (Å²) >= 11 is 7.43. The highest BCUT2D eigenvalue weighted by Gasteiger charge is 2.17. The van der Waals surface area contributed by atoms with Gasteiger partial charge in [0, 0.05) is 9.94 Å². The Labute approximate surface area is 115 Å². The second-order valence-corrected chi connectivity index (χ2v) is 6.66. The van der Waals surface area contributed by atoms with Crippen LogP contribution < -0.4 is 0 Å². The van der Waals surface area contributed by atoms with E-state index in [2.05, 4.69) is 9.44 Å². The van der Waals surface area contributed by atoms with E-state index < -0.39 is 10.1 Å². The Hall–Kier alpha value is -0.980. The molecule has 0 saturated carbocycles. The Morgan fingerprint density at radius 1 is 1.44 bits per heavy atom. The Morgan fingerprint density at radius 3 is 2.89 bits per heavy atom. The minimum Gasteiger partial charge on any atom is -0.268 e. The van der Waals surface area contributed by atoms with Gasteiger partial charge in [-0.2, -0.15) is 8.42 Å². The molecule has 0 unspecified atom stereocenters. The molecule has 0 aromatic rings. The highest BCUT2D eigenvalue weighted by atomic mass is 35.5. The smallest absolute Gasteiger partial charge is 0.268 e. The number of thioether (sulfide) groups is 1. The first kappa shape index (κ1) is 13.5. The number of hydrogen-bond acceptors (Lipinski definition) is 5. The highest BCUT2D eigenvalue weighted by molar-refractivity contribution is 8.18. The third kappa shape index (κ3) is 3.51. The van der Waals surface area contributed by atoms with E-state index in [-0.39, 0.29) is 0 Å². The summed E-state index contributed by atoms with van der Waals surface area (Å²) in [4.78, 5) is 0.955. The van der Waals surface area contributed by atoms with Gasteiger partial charge >= 0.3 is 10.1 Å². The standard InChI is InChI=1S/C11H10ClNO3S2/c1-18(14,15)16-13-11-7-6-10(17-11)8-4-2-3-5-9(8)12/h2-3,5-7H,4H2,1H3. The lowest BCUT2D eigenvalue weighted by molar-refractivity contribution is 0.345. The van der Waals surface area contributed by atoms with Crippen LogP contribution in [-0.4, -0.2) is 19.7 Å². The third-order valence-corrected chi connectivity index (χ3v) is 3.86. The molecule has 4 nitrogen and oxygen atoms in total. The predicted molar refractivity (Wildman–Crippen MR) is 74.8 cm³/mol. The lowest BCUT2D eigenvalue weighted by atomic mass is 10.1. The Kier molecular flexibility index (Phi) is 3.99. The molecule has 2 aliphatic rings. The zero-order valence-corrected chi connectivity index (χ0v) is 11.8. The molecule has 1 aliphatic heterocycles. The lowest BCUT2D eigenvalue weighted by Crippen LogP contribution is -1.98. The second kappa shape index (κ2) is 5.34. The molecule has 0 saturated heterocycles. The van der Waals surface area contributed by atoms with Crippen LogP contribution in [0.1, 0.15) is 6.42 Å². The van der Waals surface area contributed by atoms with Gasteiger partial charge in [0.1, 0.15) is 5.04 Å². The molecule has 18 heavy (non-hydrogen) atoms. The molecular formula is C11H10ClNO3S2. The highest BCUT2D eigenvalue weighted by Crippen LogP contribution is 2.36. The molecule has 0 aromatic heterocycles. The van der Waals surface area contributed by atoms with Crippen molar-refractivity contribution < 1.29 is 12.7 Å². The molecule has 0 atom stereocenters. The molecule has 0 N–H and O–H groups in total. The van der Waals surface area contributed by atoms with Crippen molar-refractivity contribution in [2.45, 2.75) is 6.42 Å². The van der Waals surface area contributed by atoms with Gasteiger partial charge in [0.25, 0.3) is 0 Å². The molecule has 96 valence electrons.